The highest BCUT2D eigenvalue weighted by Crippen LogP contribution is 2.23. The smallest absolute Gasteiger partial charge is 0.188 e. The van der Waals surface area contributed by atoms with E-state index in [1.54, 1.807) is 19.2 Å². The maximum Gasteiger partial charge on any atom is 0.188 e. The van der Waals surface area contributed by atoms with Crippen molar-refractivity contribution in [1.29, 1.82) is 0 Å². The lowest BCUT2D eigenvalue weighted by Crippen LogP contribution is -2.16. The number of carbonyl (C=O) groups excluding carboxylic acids is 1. The second-order valence-electron chi connectivity index (χ2n) is 4.23. The number of aromatic nitrogens is 2. The normalized spacial score (nSPS) is 12.2. The molecule has 1 heterocycles. The van der Waals surface area contributed by atoms with Gasteiger partial charge in [-0.2, -0.15) is 0 Å². The van der Waals surface area contributed by atoms with Crippen LogP contribution in [0.3, 0.4) is 0 Å². The molecule has 0 aliphatic heterocycles. The summed E-state index contributed by atoms with van der Waals surface area (Å²) in [6.07, 6.45) is 1.60. The molecule has 0 aliphatic rings. The monoisotopic (exact) mass is 294 g/mol. The number of hydrogen-bond donors (Lipinski definition) is 0. The maximum atomic E-state index is 13.6. The van der Waals surface area contributed by atoms with Gasteiger partial charge < -0.3 is 0 Å². The highest BCUT2D eigenvalue weighted by molar-refractivity contribution is 8.00. The van der Waals surface area contributed by atoms with Gasteiger partial charge in [0.05, 0.1) is 10.8 Å². The van der Waals surface area contributed by atoms with E-state index in [2.05, 4.69) is 9.97 Å². The zero-order valence-corrected chi connectivity index (χ0v) is 11.7. The van der Waals surface area contributed by atoms with E-state index in [1.807, 2.05) is 6.92 Å². The van der Waals surface area contributed by atoms with Crippen LogP contribution in [0.1, 0.15) is 23.0 Å². The van der Waals surface area contributed by atoms with Crippen molar-refractivity contribution >= 4 is 17.5 Å². The fourth-order valence-electron chi connectivity index (χ4n) is 1.60. The van der Waals surface area contributed by atoms with Crippen LogP contribution in [0, 0.1) is 18.6 Å². The molecule has 1 atom stereocenters. The molecule has 0 radical (unpaired) electrons. The van der Waals surface area contributed by atoms with Crippen LogP contribution in [-0.4, -0.2) is 21.0 Å². The molecular formula is C14H12F2N2OS. The lowest BCUT2D eigenvalue weighted by atomic mass is 10.1. The zero-order valence-electron chi connectivity index (χ0n) is 10.9. The van der Waals surface area contributed by atoms with Crippen LogP contribution in [0.15, 0.2) is 35.6 Å². The standard InChI is InChI=1S/C14H12F2N2OS/c1-8-5-6-17-14(18-8)20-9(2)13(19)11-4-3-10(15)7-12(11)16/h3-7,9H,1-2H3. The van der Waals surface area contributed by atoms with Crippen LogP contribution in [0.2, 0.25) is 0 Å². The SMILES string of the molecule is Cc1ccnc(SC(C)C(=O)c2ccc(F)cc2F)n1. The van der Waals surface area contributed by atoms with Gasteiger partial charge in [-0.3, -0.25) is 4.79 Å². The van der Waals surface area contributed by atoms with E-state index >= 15 is 0 Å². The van der Waals surface area contributed by atoms with E-state index in [4.69, 9.17) is 0 Å². The molecule has 0 spiro atoms. The molecular weight excluding hydrogens is 282 g/mol. The molecule has 0 N–H and O–H groups in total. The largest absolute Gasteiger partial charge is 0.293 e. The number of carbonyl (C=O) groups is 1. The summed E-state index contributed by atoms with van der Waals surface area (Å²) in [5.41, 5.74) is 0.661. The molecule has 20 heavy (non-hydrogen) atoms. The lowest BCUT2D eigenvalue weighted by Gasteiger charge is -2.10. The van der Waals surface area contributed by atoms with E-state index in [-0.39, 0.29) is 5.56 Å². The average Bonchev–Trinajstić information content (AvgIpc) is 2.38. The predicted molar refractivity (Wildman–Crippen MR) is 72.8 cm³/mol. The van der Waals surface area contributed by atoms with Crippen molar-refractivity contribution in [1.82, 2.24) is 9.97 Å². The maximum absolute atomic E-state index is 13.6. The Kier molecular flexibility index (Phi) is 4.44. The molecule has 2 rings (SSSR count). The Hall–Kier alpha value is -1.82. The van der Waals surface area contributed by atoms with Gasteiger partial charge >= 0.3 is 0 Å². The van der Waals surface area contributed by atoms with Gasteiger partial charge in [0.15, 0.2) is 10.9 Å². The van der Waals surface area contributed by atoms with Gasteiger partial charge in [-0.1, -0.05) is 11.8 Å². The molecule has 0 fully saturated rings. The second kappa shape index (κ2) is 6.09. The van der Waals surface area contributed by atoms with Crippen LogP contribution >= 0.6 is 11.8 Å². The Morgan fingerprint density at radius 1 is 1.30 bits per heavy atom. The molecule has 0 saturated heterocycles. The molecule has 0 amide bonds. The van der Waals surface area contributed by atoms with Crippen molar-refractivity contribution < 1.29 is 13.6 Å². The quantitative estimate of drug-likeness (QED) is 0.492. The Balaban J connectivity index is 2.16. The molecule has 1 unspecified atom stereocenters. The van der Waals surface area contributed by atoms with Crippen molar-refractivity contribution in [2.45, 2.75) is 24.3 Å². The second-order valence-corrected chi connectivity index (χ2v) is 5.54. The number of Topliss-reactive ketones (excluding diaryl/α,β-unsaturated/α-hetero) is 1. The molecule has 1 aromatic heterocycles. The van der Waals surface area contributed by atoms with E-state index < -0.39 is 22.7 Å². The number of aryl methyl sites for hydroxylation is 1. The minimum absolute atomic E-state index is 0.126. The van der Waals surface area contributed by atoms with Crippen molar-refractivity contribution in [2.24, 2.45) is 0 Å². The summed E-state index contributed by atoms with van der Waals surface area (Å²) >= 11 is 1.14. The summed E-state index contributed by atoms with van der Waals surface area (Å²) in [5.74, 6) is -1.98. The molecule has 2 aromatic rings. The average molecular weight is 294 g/mol. The van der Waals surface area contributed by atoms with Crippen molar-refractivity contribution in [2.75, 3.05) is 0 Å². The first kappa shape index (κ1) is 14.6. The number of thioether (sulfide) groups is 1. The van der Waals surface area contributed by atoms with Gasteiger partial charge in [0.2, 0.25) is 0 Å². The molecule has 104 valence electrons. The van der Waals surface area contributed by atoms with E-state index in [1.165, 1.54) is 0 Å². The molecule has 6 heteroatoms. The number of halogens is 2. The minimum atomic E-state index is -0.854. The fourth-order valence-corrected chi connectivity index (χ4v) is 2.47. The first-order chi connectivity index (χ1) is 9.47. The highest BCUT2D eigenvalue weighted by atomic mass is 32.2. The molecule has 0 aliphatic carbocycles. The molecule has 1 aromatic carbocycles. The topological polar surface area (TPSA) is 42.9 Å². The van der Waals surface area contributed by atoms with Crippen molar-refractivity contribution in [3.8, 4) is 0 Å². The third-order valence-corrected chi connectivity index (χ3v) is 3.60. The van der Waals surface area contributed by atoms with E-state index in [9.17, 15) is 13.6 Å². The number of benzene rings is 1. The minimum Gasteiger partial charge on any atom is -0.293 e. The van der Waals surface area contributed by atoms with Crippen LogP contribution in [0.25, 0.3) is 0 Å². The zero-order chi connectivity index (χ0) is 14.7. The molecule has 0 saturated carbocycles. The van der Waals surface area contributed by atoms with Gasteiger partial charge in [0.25, 0.3) is 0 Å². The summed E-state index contributed by atoms with van der Waals surface area (Å²) in [5, 5.41) is -0.106. The van der Waals surface area contributed by atoms with Gasteiger partial charge in [0, 0.05) is 18.0 Å². The Morgan fingerprint density at radius 3 is 2.70 bits per heavy atom. The Bertz CT molecular complexity index is 649. The van der Waals surface area contributed by atoms with Crippen molar-refractivity contribution in [3.05, 3.63) is 53.4 Å². The highest BCUT2D eigenvalue weighted by Gasteiger charge is 2.21. The first-order valence-electron chi connectivity index (χ1n) is 5.93. The first-order valence-corrected chi connectivity index (χ1v) is 6.81. The summed E-state index contributed by atoms with van der Waals surface area (Å²) in [7, 11) is 0. The van der Waals surface area contributed by atoms with Gasteiger partial charge in [-0.05, 0) is 32.0 Å². The number of ketones is 1. The van der Waals surface area contributed by atoms with Crippen LogP contribution < -0.4 is 0 Å². The number of hydrogen-bond acceptors (Lipinski definition) is 4. The Labute approximate surface area is 119 Å². The van der Waals surface area contributed by atoms with Crippen molar-refractivity contribution in [3.63, 3.8) is 0 Å². The van der Waals surface area contributed by atoms with Gasteiger partial charge in [0.1, 0.15) is 11.6 Å². The third-order valence-electron chi connectivity index (χ3n) is 2.62. The number of nitrogens with zero attached hydrogens (tertiary/aromatic N) is 2. The summed E-state index contributed by atoms with van der Waals surface area (Å²) in [6, 6.07) is 4.67. The molecule has 0 bridgehead atoms. The van der Waals surface area contributed by atoms with Gasteiger partial charge in [-0.15, -0.1) is 0 Å². The summed E-state index contributed by atoms with van der Waals surface area (Å²) in [6.45, 7) is 3.46. The lowest BCUT2D eigenvalue weighted by molar-refractivity contribution is 0.0990. The molecule has 3 nitrogen and oxygen atoms in total. The van der Waals surface area contributed by atoms with E-state index in [0.29, 0.717) is 11.2 Å². The number of rotatable bonds is 4. The predicted octanol–water partition coefficient (Wildman–Crippen LogP) is 3.43. The third kappa shape index (κ3) is 3.39. The van der Waals surface area contributed by atoms with Gasteiger partial charge in [-0.25, -0.2) is 18.7 Å². The Morgan fingerprint density at radius 2 is 2.05 bits per heavy atom. The summed E-state index contributed by atoms with van der Waals surface area (Å²) in [4.78, 5) is 20.3. The summed E-state index contributed by atoms with van der Waals surface area (Å²) < 4.78 is 26.4. The van der Waals surface area contributed by atoms with E-state index in [0.717, 1.165) is 29.6 Å². The van der Waals surface area contributed by atoms with Crippen LogP contribution in [0.5, 0.6) is 0 Å². The van der Waals surface area contributed by atoms with Crippen LogP contribution in [-0.2, 0) is 0 Å². The van der Waals surface area contributed by atoms with Crippen LogP contribution in [0.4, 0.5) is 8.78 Å². The fraction of sp³-hybridized carbons (Fsp3) is 0.214.